The van der Waals surface area contributed by atoms with E-state index in [4.69, 9.17) is 9.84 Å². The molecule has 0 amide bonds. The molecule has 4 rings (SSSR count). The number of aromatic nitrogens is 1. The van der Waals surface area contributed by atoms with Crippen LogP contribution in [0, 0.1) is 13.8 Å². The summed E-state index contributed by atoms with van der Waals surface area (Å²) in [6.07, 6.45) is -1.98. The van der Waals surface area contributed by atoms with Gasteiger partial charge in [0, 0.05) is 28.7 Å². The van der Waals surface area contributed by atoms with E-state index < -0.39 is 24.2 Å². The molecule has 0 aliphatic rings. The first-order valence-corrected chi connectivity index (χ1v) is 12.5. The third-order valence-corrected chi connectivity index (χ3v) is 6.49. The van der Waals surface area contributed by atoms with Crippen LogP contribution in [-0.4, -0.2) is 33.9 Å². The minimum atomic E-state index is -4.86. The summed E-state index contributed by atoms with van der Waals surface area (Å²) in [5.74, 6) is -1.71. The highest BCUT2D eigenvalue weighted by molar-refractivity contribution is 6.17. The zero-order chi connectivity index (χ0) is 29.0. The maximum Gasteiger partial charge on any atom is 0.573 e. The summed E-state index contributed by atoms with van der Waals surface area (Å²) in [5, 5.41) is 9.31. The number of ketones is 1. The molecule has 9 heteroatoms. The van der Waals surface area contributed by atoms with Crippen molar-refractivity contribution in [2.75, 3.05) is 0 Å². The molecule has 3 aromatic carbocycles. The van der Waals surface area contributed by atoms with E-state index in [0.29, 0.717) is 34.3 Å². The number of nitrogens with zero attached hydrogens (tertiary/aromatic N) is 1. The minimum absolute atomic E-state index is 0.170. The fraction of sp³-hybridized carbons (Fsp3) is 0.226. The second kappa shape index (κ2) is 11.8. The van der Waals surface area contributed by atoms with Gasteiger partial charge in [-0.2, -0.15) is 0 Å². The first-order valence-electron chi connectivity index (χ1n) is 12.5. The summed E-state index contributed by atoms with van der Waals surface area (Å²) in [6.45, 7) is 5.68. The molecule has 4 aromatic rings. The van der Waals surface area contributed by atoms with Crippen LogP contribution in [0.25, 0.3) is 17.0 Å². The van der Waals surface area contributed by atoms with Gasteiger partial charge >= 0.3 is 12.3 Å². The number of hydrogen-bond donors (Lipinski definition) is 1. The molecule has 1 heterocycles. The van der Waals surface area contributed by atoms with Gasteiger partial charge in [0.2, 0.25) is 0 Å². The first kappa shape index (κ1) is 28.6. The lowest BCUT2D eigenvalue weighted by molar-refractivity contribution is -0.274. The Morgan fingerprint density at radius 2 is 1.68 bits per heavy atom. The zero-order valence-electron chi connectivity index (χ0n) is 22.2. The zero-order valence-corrected chi connectivity index (χ0v) is 22.2. The largest absolute Gasteiger partial charge is 0.573 e. The summed E-state index contributed by atoms with van der Waals surface area (Å²) >= 11 is 0. The van der Waals surface area contributed by atoms with E-state index in [0.717, 1.165) is 16.7 Å². The monoisotopic (exact) mass is 551 g/mol. The van der Waals surface area contributed by atoms with Crippen molar-refractivity contribution in [1.29, 1.82) is 0 Å². The molecule has 6 nitrogen and oxygen atoms in total. The third-order valence-electron chi connectivity index (χ3n) is 6.49. The molecule has 0 bridgehead atoms. The number of hydrogen-bond acceptors (Lipinski definition) is 4. The van der Waals surface area contributed by atoms with Crippen LogP contribution < -0.4 is 4.74 Å². The number of carboxylic acids is 1. The van der Waals surface area contributed by atoms with Gasteiger partial charge < -0.3 is 19.1 Å². The molecule has 0 saturated carbocycles. The topological polar surface area (TPSA) is 77.8 Å². The van der Waals surface area contributed by atoms with E-state index in [2.05, 4.69) is 4.74 Å². The van der Waals surface area contributed by atoms with E-state index in [1.807, 2.05) is 60.0 Å². The van der Waals surface area contributed by atoms with E-state index >= 15 is 0 Å². The number of fused-ring (bicyclic) bond motifs is 1. The van der Waals surface area contributed by atoms with Gasteiger partial charge in [-0.05, 0) is 50.1 Å². The number of allylic oxidation sites excluding steroid dienone is 1. The van der Waals surface area contributed by atoms with Crippen molar-refractivity contribution in [1.82, 2.24) is 4.57 Å². The summed E-state index contributed by atoms with van der Waals surface area (Å²) in [7, 11) is 0. The normalized spacial score (nSPS) is 12.7. The second-order valence-corrected chi connectivity index (χ2v) is 9.43. The smallest absolute Gasteiger partial charge is 0.479 e. The van der Waals surface area contributed by atoms with Gasteiger partial charge in [-0.25, -0.2) is 4.79 Å². The Kier molecular flexibility index (Phi) is 8.44. The van der Waals surface area contributed by atoms with Crippen molar-refractivity contribution in [2.24, 2.45) is 0 Å². The molecule has 0 unspecified atom stereocenters. The average Bonchev–Trinajstić information content (AvgIpc) is 3.17. The molecule has 1 N–H and O–H groups in total. The summed E-state index contributed by atoms with van der Waals surface area (Å²) in [6, 6.07) is 18.5. The first-order chi connectivity index (χ1) is 18.9. The summed E-state index contributed by atoms with van der Waals surface area (Å²) < 4.78 is 50.1. The van der Waals surface area contributed by atoms with Crippen molar-refractivity contribution in [3.05, 3.63) is 106 Å². The van der Waals surface area contributed by atoms with Gasteiger partial charge in [0.05, 0.1) is 12.2 Å². The van der Waals surface area contributed by atoms with Crippen molar-refractivity contribution in [3.63, 3.8) is 0 Å². The van der Waals surface area contributed by atoms with Crippen LogP contribution in [0.3, 0.4) is 0 Å². The summed E-state index contributed by atoms with van der Waals surface area (Å²) in [5.41, 5.74) is 4.68. The van der Waals surface area contributed by atoms with Gasteiger partial charge in [-0.3, -0.25) is 4.79 Å². The number of alkyl halides is 3. The van der Waals surface area contributed by atoms with Crippen LogP contribution in [0.1, 0.15) is 45.2 Å². The Bertz CT molecular complexity index is 1550. The number of carbonyl (C=O) groups excluding carboxylic acids is 1. The Labute approximate surface area is 229 Å². The molecule has 208 valence electrons. The average molecular weight is 552 g/mol. The van der Waals surface area contributed by atoms with Crippen LogP contribution in [0.4, 0.5) is 13.2 Å². The second-order valence-electron chi connectivity index (χ2n) is 9.43. The van der Waals surface area contributed by atoms with Crippen LogP contribution >= 0.6 is 0 Å². The fourth-order valence-corrected chi connectivity index (χ4v) is 4.34. The van der Waals surface area contributed by atoms with E-state index in [9.17, 15) is 22.8 Å². The molecule has 40 heavy (non-hydrogen) atoms. The molecule has 0 spiro atoms. The number of carboxylic acid groups (broad SMARTS) is 1. The van der Waals surface area contributed by atoms with E-state index in [1.165, 1.54) is 25.1 Å². The van der Waals surface area contributed by atoms with Gasteiger partial charge in [0.15, 0.2) is 11.9 Å². The lowest BCUT2D eigenvalue weighted by atomic mass is 9.99. The van der Waals surface area contributed by atoms with E-state index in [1.54, 1.807) is 19.1 Å². The Morgan fingerprint density at radius 1 is 1.00 bits per heavy atom. The summed E-state index contributed by atoms with van der Waals surface area (Å²) in [4.78, 5) is 24.4. The Hall–Kier alpha value is -4.37. The Morgan fingerprint density at radius 3 is 2.30 bits per heavy atom. The van der Waals surface area contributed by atoms with Crippen LogP contribution in [0.15, 0.2) is 72.8 Å². The van der Waals surface area contributed by atoms with Gasteiger partial charge in [0.1, 0.15) is 5.75 Å². The number of halogens is 3. The van der Waals surface area contributed by atoms with Crippen LogP contribution in [0.2, 0.25) is 0 Å². The maximum atomic E-state index is 13.5. The number of benzene rings is 3. The number of ether oxygens (including phenoxy) is 2. The predicted octanol–water partition coefficient (Wildman–Crippen LogP) is 7.09. The van der Waals surface area contributed by atoms with Gasteiger partial charge in [-0.15, -0.1) is 13.2 Å². The Balaban J connectivity index is 1.62. The van der Waals surface area contributed by atoms with E-state index in [-0.39, 0.29) is 12.4 Å². The van der Waals surface area contributed by atoms with Crippen molar-refractivity contribution < 1.29 is 37.3 Å². The lowest BCUT2D eigenvalue weighted by Gasteiger charge is -2.09. The SMILES string of the molecule is Cc1ccc(C(=O)c2c(C)n(CC=Cc3ccc(CO[C@H](C)C(=O)O)cc3)c3ccc(OC(F)(F)F)cc23)cc1. The highest BCUT2D eigenvalue weighted by Gasteiger charge is 2.31. The number of rotatable bonds is 10. The molecule has 0 aliphatic heterocycles. The standard InChI is InChI=1S/C31H28F3NO5/c1-19-6-12-24(13-7-19)29(36)28-20(2)35(27-15-14-25(17-26(27)28)40-31(32,33)34)16-4-5-22-8-10-23(11-9-22)18-39-21(3)30(37)38/h4-15,17,21H,16,18H2,1-3H3,(H,37,38)/t21-/m1/s1. The molecule has 0 aliphatic carbocycles. The lowest BCUT2D eigenvalue weighted by Crippen LogP contribution is -2.19. The number of aryl methyl sites for hydroxylation is 1. The minimum Gasteiger partial charge on any atom is -0.479 e. The van der Waals surface area contributed by atoms with Crippen LogP contribution in [-0.2, 0) is 22.7 Å². The molecule has 0 fully saturated rings. The molecule has 0 radical (unpaired) electrons. The molecule has 1 atom stereocenters. The quantitative estimate of drug-likeness (QED) is 0.213. The highest BCUT2D eigenvalue weighted by atomic mass is 19.4. The number of aliphatic carboxylic acids is 1. The molecular formula is C31H28F3NO5. The fourth-order valence-electron chi connectivity index (χ4n) is 4.34. The molecule has 1 aromatic heterocycles. The van der Waals surface area contributed by atoms with Crippen molar-refractivity contribution >= 4 is 28.7 Å². The van der Waals surface area contributed by atoms with Crippen molar-refractivity contribution in [2.45, 2.75) is 46.4 Å². The number of carbonyl (C=O) groups is 2. The molecular weight excluding hydrogens is 523 g/mol. The third kappa shape index (κ3) is 6.79. The maximum absolute atomic E-state index is 13.5. The molecule has 0 saturated heterocycles. The van der Waals surface area contributed by atoms with Crippen molar-refractivity contribution in [3.8, 4) is 5.75 Å². The van der Waals surface area contributed by atoms with Crippen LogP contribution in [0.5, 0.6) is 5.75 Å². The van der Waals surface area contributed by atoms with Gasteiger partial charge in [0.25, 0.3) is 0 Å². The predicted molar refractivity (Wildman–Crippen MR) is 145 cm³/mol. The highest BCUT2D eigenvalue weighted by Crippen LogP contribution is 2.33. The van der Waals surface area contributed by atoms with Gasteiger partial charge in [-0.1, -0.05) is 66.2 Å².